The lowest BCUT2D eigenvalue weighted by Crippen LogP contribution is -2.41. The summed E-state index contributed by atoms with van der Waals surface area (Å²) in [5.41, 5.74) is 5.72. The van der Waals surface area contributed by atoms with Crippen molar-refractivity contribution in [3.8, 4) is 0 Å². The van der Waals surface area contributed by atoms with Gasteiger partial charge in [0.15, 0.2) is 5.78 Å². The van der Waals surface area contributed by atoms with Gasteiger partial charge in [0.1, 0.15) is 11.4 Å². The maximum atomic E-state index is 13.1. The summed E-state index contributed by atoms with van der Waals surface area (Å²) in [5, 5.41) is 0. The van der Waals surface area contributed by atoms with Crippen molar-refractivity contribution < 1.29 is 9.18 Å². The molecule has 1 unspecified atom stereocenters. The lowest BCUT2D eigenvalue weighted by molar-refractivity contribution is 0.0899. The first kappa shape index (κ1) is 12.4. The van der Waals surface area contributed by atoms with Gasteiger partial charge in [0, 0.05) is 11.8 Å². The fourth-order valence-electron chi connectivity index (χ4n) is 1.75. The molecule has 4 heteroatoms. The van der Waals surface area contributed by atoms with Crippen molar-refractivity contribution in [3.63, 3.8) is 0 Å². The Morgan fingerprint density at radius 2 is 1.94 bits per heavy atom. The average Bonchev–Trinajstić information content (AvgIpc) is 2.39. The van der Waals surface area contributed by atoms with Crippen LogP contribution in [0.15, 0.2) is 48.8 Å². The molecule has 2 N–H and O–H groups in total. The fourth-order valence-corrected chi connectivity index (χ4v) is 1.75. The molecule has 0 aliphatic heterocycles. The Bertz CT molecular complexity index is 567. The predicted molar refractivity (Wildman–Crippen MR) is 66.5 cm³/mol. The number of nitrogens with two attached hydrogens (primary N) is 1. The van der Waals surface area contributed by atoms with Gasteiger partial charge in [-0.2, -0.15) is 0 Å². The molecule has 0 fully saturated rings. The van der Waals surface area contributed by atoms with Crippen LogP contribution in [0, 0.1) is 5.82 Å². The summed E-state index contributed by atoms with van der Waals surface area (Å²) < 4.78 is 13.1. The third-order valence-electron chi connectivity index (χ3n) is 2.81. The summed E-state index contributed by atoms with van der Waals surface area (Å²) in [6.07, 6.45) is 2.37. The molecule has 0 radical (unpaired) electrons. The van der Waals surface area contributed by atoms with Gasteiger partial charge in [0.2, 0.25) is 0 Å². The zero-order chi connectivity index (χ0) is 13.2. The summed E-state index contributed by atoms with van der Waals surface area (Å²) in [7, 11) is 0. The molecule has 1 heterocycles. The Kier molecular flexibility index (Phi) is 3.21. The molecule has 0 saturated heterocycles. The van der Waals surface area contributed by atoms with Gasteiger partial charge in [-0.05, 0) is 18.6 Å². The average molecular weight is 244 g/mol. The van der Waals surface area contributed by atoms with Crippen molar-refractivity contribution in [2.75, 3.05) is 0 Å². The van der Waals surface area contributed by atoms with Gasteiger partial charge in [-0.15, -0.1) is 0 Å². The van der Waals surface area contributed by atoms with Gasteiger partial charge in [0.25, 0.3) is 0 Å². The predicted octanol–water partition coefficient (Wildman–Crippen LogP) is 2.28. The molecule has 1 aromatic heterocycles. The summed E-state index contributed by atoms with van der Waals surface area (Å²) in [6.45, 7) is 1.61. The normalized spacial score (nSPS) is 13.9. The smallest absolute Gasteiger partial charge is 0.188 e. The first-order valence-corrected chi connectivity index (χ1v) is 5.51. The van der Waals surface area contributed by atoms with E-state index in [1.54, 1.807) is 31.2 Å². The largest absolute Gasteiger partial charge is 0.315 e. The van der Waals surface area contributed by atoms with E-state index in [1.165, 1.54) is 6.20 Å². The third-order valence-corrected chi connectivity index (χ3v) is 2.81. The Labute approximate surface area is 104 Å². The SMILES string of the molecule is CC(N)(C(=O)c1cncc(F)c1)c1ccccc1. The molecule has 18 heavy (non-hydrogen) atoms. The first-order chi connectivity index (χ1) is 8.51. The highest BCUT2D eigenvalue weighted by Gasteiger charge is 2.31. The van der Waals surface area contributed by atoms with Gasteiger partial charge in [0.05, 0.1) is 6.20 Å². The van der Waals surface area contributed by atoms with Crippen LogP contribution in [0.4, 0.5) is 4.39 Å². The molecule has 0 bridgehead atoms. The number of pyridine rings is 1. The van der Waals surface area contributed by atoms with Crippen molar-refractivity contribution in [3.05, 3.63) is 65.7 Å². The Morgan fingerprint density at radius 3 is 2.56 bits per heavy atom. The van der Waals surface area contributed by atoms with Crippen LogP contribution < -0.4 is 5.73 Å². The number of Topliss-reactive ketones (excluding diaryl/α,β-unsaturated/α-hetero) is 1. The summed E-state index contributed by atoms with van der Waals surface area (Å²) in [4.78, 5) is 15.9. The van der Waals surface area contributed by atoms with Crippen molar-refractivity contribution >= 4 is 5.78 Å². The molecule has 0 amide bonds. The van der Waals surface area contributed by atoms with Gasteiger partial charge in [-0.1, -0.05) is 30.3 Å². The van der Waals surface area contributed by atoms with Crippen LogP contribution in [0.25, 0.3) is 0 Å². The quantitative estimate of drug-likeness (QED) is 0.843. The molecule has 1 aromatic carbocycles. The van der Waals surface area contributed by atoms with Crippen molar-refractivity contribution in [1.29, 1.82) is 0 Å². The van der Waals surface area contributed by atoms with E-state index < -0.39 is 11.4 Å². The molecule has 0 saturated carbocycles. The first-order valence-electron chi connectivity index (χ1n) is 5.51. The molecule has 0 aliphatic rings. The zero-order valence-corrected chi connectivity index (χ0v) is 9.93. The van der Waals surface area contributed by atoms with E-state index in [0.717, 1.165) is 12.3 Å². The minimum Gasteiger partial charge on any atom is -0.315 e. The summed E-state index contributed by atoms with van der Waals surface area (Å²) in [6, 6.07) is 10.1. The van der Waals surface area contributed by atoms with Gasteiger partial charge in [-0.3, -0.25) is 9.78 Å². The molecule has 92 valence electrons. The molecule has 2 aromatic rings. The molecule has 1 atom stereocenters. The minimum atomic E-state index is -1.20. The van der Waals surface area contributed by atoms with E-state index >= 15 is 0 Å². The van der Waals surface area contributed by atoms with Crippen molar-refractivity contribution in [2.45, 2.75) is 12.5 Å². The maximum absolute atomic E-state index is 13.1. The van der Waals surface area contributed by atoms with Crippen LogP contribution >= 0.6 is 0 Å². The van der Waals surface area contributed by atoms with E-state index in [1.807, 2.05) is 6.07 Å². The van der Waals surface area contributed by atoms with E-state index in [0.29, 0.717) is 5.56 Å². The topological polar surface area (TPSA) is 56.0 Å². The second kappa shape index (κ2) is 4.66. The molecule has 0 aliphatic carbocycles. The van der Waals surface area contributed by atoms with Crippen LogP contribution in [0.3, 0.4) is 0 Å². The van der Waals surface area contributed by atoms with Crippen LogP contribution in [0.2, 0.25) is 0 Å². The molecule has 2 rings (SSSR count). The number of hydrogen-bond acceptors (Lipinski definition) is 3. The number of halogens is 1. The third kappa shape index (κ3) is 2.28. The van der Waals surface area contributed by atoms with Crippen LogP contribution in [0.5, 0.6) is 0 Å². The Morgan fingerprint density at radius 1 is 1.28 bits per heavy atom. The van der Waals surface area contributed by atoms with Crippen molar-refractivity contribution in [2.24, 2.45) is 5.73 Å². The number of ketones is 1. The Hall–Kier alpha value is -2.07. The second-order valence-corrected chi connectivity index (χ2v) is 4.29. The molecular formula is C14H13FN2O. The fraction of sp³-hybridized carbons (Fsp3) is 0.143. The van der Waals surface area contributed by atoms with E-state index in [2.05, 4.69) is 4.98 Å². The summed E-state index contributed by atoms with van der Waals surface area (Å²) in [5.74, 6) is -0.912. The number of hydrogen-bond donors (Lipinski definition) is 1. The summed E-state index contributed by atoms with van der Waals surface area (Å²) >= 11 is 0. The van der Waals surface area contributed by atoms with E-state index in [9.17, 15) is 9.18 Å². The lowest BCUT2D eigenvalue weighted by atomic mass is 9.86. The lowest BCUT2D eigenvalue weighted by Gasteiger charge is -2.23. The van der Waals surface area contributed by atoms with E-state index in [-0.39, 0.29) is 11.3 Å². The molecular weight excluding hydrogens is 231 g/mol. The number of benzene rings is 1. The van der Waals surface area contributed by atoms with Crippen LogP contribution in [-0.4, -0.2) is 10.8 Å². The number of nitrogens with zero attached hydrogens (tertiary/aromatic N) is 1. The van der Waals surface area contributed by atoms with Crippen LogP contribution in [-0.2, 0) is 5.54 Å². The van der Waals surface area contributed by atoms with Gasteiger partial charge >= 0.3 is 0 Å². The van der Waals surface area contributed by atoms with Gasteiger partial charge in [-0.25, -0.2) is 4.39 Å². The molecule has 0 spiro atoms. The zero-order valence-electron chi connectivity index (χ0n) is 9.93. The highest BCUT2D eigenvalue weighted by Crippen LogP contribution is 2.22. The number of aromatic nitrogens is 1. The Balaban J connectivity index is 2.39. The van der Waals surface area contributed by atoms with Crippen LogP contribution in [0.1, 0.15) is 22.8 Å². The standard InChI is InChI=1S/C14H13FN2O/c1-14(16,11-5-3-2-4-6-11)13(18)10-7-12(15)9-17-8-10/h2-9H,16H2,1H3. The van der Waals surface area contributed by atoms with Crippen molar-refractivity contribution in [1.82, 2.24) is 4.98 Å². The monoisotopic (exact) mass is 244 g/mol. The minimum absolute atomic E-state index is 0.170. The second-order valence-electron chi connectivity index (χ2n) is 4.29. The van der Waals surface area contributed by atoms with E-state index in [4.69, 9.17) is 5.73 Å². The number of carbonyl (C=O) groups is 1. The number of carbonyl (C=O) groups excluding carboxylic acids is 1. The number of rotatable bonds is 3. The highest BCUT2D eigenvalue weighted by atomic mass is 19.1. The highest BCUT2D eigenvalue weighted by molar-refractivity contribution is 6.03. The van der Waals surface area contributed by atoms with Gasteiger partial charge < -0.3 is 5.73 Å². The molecule has 3 nitrogen and oxygen atoms in total. The maximum Gasteiger partial charge on any atom is 0.188 e.